The Labute approximate surface area is 130 Å². The van der Waals surface area contributed by atoms with Gasteiger partial charge in [-0.05, 0) is 30.9 Å². The van der Waals surface area contributed by atoms with Gasteiger partial charge in [-0.3, -0.25) is 4.79 Å². The lowest BCUT2D eigenvalue weighted by Crippen LogP contribution is -2.25. The van der Waals surface area contributed by atoms with E-state index < -0.39 is 10.0 Å². The normalized spacial score (nSPS) is 11.4. The first-order chi connectivity index (χ1) is 9.90. The van der Waals surface area contributed by atoms with Crippen LogP contribution in [0.15, 0.2) is 28.0 Å². The second-order valence-corrected chi connectivity index (χ2v) is 7.26. The highest BCUT2D eigenvalue weighted by molar-refractivity contribution is 7.98. The predicted molar refractivity (Wildman–Crippen MR) is 87.2 cm³/mol. The average Bonchev–Trinajstić information content (AvgIpc) is 2.43. The molecular formula is C14H22N2O3S2. The molecule has 1 rings (SSSR count). The zero-order valence-corrected chi connectivity index (χ0v) is 14.2. The number of hydrogen-bond acceptors (Lipinski definition) is 4. The third-order valence-corrected chi connectivity index (χ3v) is 5.12. The van der Waals surface area contributed by atoms with Crippen molar-refractivity contribution in [1.29, 1.82) is 0 Å². The van der Waals surface area contributed by atoms with Crippen molar-refractivity contribution in [3.8, 4) is 0 Å². The summed E-state index contributed by atoms with van der Waals surface area (Å²) >= 11 is 1.45. The summed E-state index contributed by atoms with van der Waals surface area (Å²) in [5.74, 6) is -0.226. The van der Waals surface area contributed by atoms with E-state index in [-0.39, 0.29) is 10.8 Å². The Balaban J connectivity index is 2.93. The standard InChI is InChI=1S/C14H22N2O3S2/c1-4-5-6-9-15-21(18,19)12-7-8-14(20-3)13(10-12)16-11(2)17/h7-8,10,15H,4-6,9H2,1-3H3,(H,16,17). The van der Waals surface area contributed by atoms with Crippen molar-refractivity contribution in [2.75, 3.05) is 18.1 Å². The Morgan fingerprint density at radius 3 is 2.57 bits per heavy atom. The van der Waals surface area contributed by atoms with Crippen LogP contribution < -0.4 is 10.0 Å². The molecule has 0 aliphatic rings. The van der Waals surface area contributed by atoms with Crippen LogP contribution in [0.3, 0.4) is 0 Å². The Kier molecular flexibility index (Phi) is 7.21. The number of benzene rings is 1. The molecule has 0 spiro atoms. The minimum absolute atomic E-state index is 0.167. The van der Waals surface area contributed by atoms with E-state index in [9.17, 15) is 13.2 Å². The summed E-state index contributed by atoms with van der Waals surface area (Å²) in [5.41, 5.74) is 0.520. The molecule has 0 bridgehead atoms. The molecule has 0 saturated heterocycles. The van der Waals surface area contributed by atoms with Crippen molar-refractivity contribution in [2.24, 2.45) is 0 Å². The molecule has 5 nitrogen and oxygen atoms in total. The molecule has 0 aromatic heterocycles. The third-order valence-electron chi connectivity index (χ3n) is 2.86. The molecule has 1 aromatic carbocycles. The fraction of sp³-hybridized carbons (Fsp3) is 0.500. The highest BCUT2D eigenvalue weighted by Crippen LogP contribution is 2.28. The second-order valence-electron chi connectivity index (χ2n) is 4.65. The molecule has 0 radical (unpaired) electrons. The summed E-state index contributed by atoms with van der Waals surface area (Å²) in [6.07, 6.45) is 4.72. The summed E-state index contributed by atoms with van der Waals surface area (Å²) in [6, 6.07) is 4.76. The summed E-state index contributed by atoms with van der Waals surface area (Å²) < 4.78 is 27.0. The number of amides is 1. The molecule has 0 heterocycles. The summed E-state index contributed by atoms with van der Waals surface area (Å²) in [5, 5.41) is 2.66. The highest BCUT2D eigenvalue weighted by atomic mass is 32.2. The number of hydrogen-bond donors (Lipinski definition) is 2. The summed E-state index contributed by atoms with van der Waals surface area (Å²) in [7, 11) is -3.53. The minimum atomic E-state index is -3.53. The monoisotopic (exact) mass is 330 g/mol. The fourth-order valence-electron chi connectivity index (χ4n) is 1.81. The van der Waals surface area contributed by atoms with Crippen LogP contribution in [0.2, 0.25) is 0 Å². The maximum atomic E-state index is 12.2. The van der Waals surface area contributed by atoms with Crippen LogP contribution in [0.4, 0.5) is 5.69 Å². The molecule has 0 unspecified atom stereocenters. The predicted octanol–water partition coefficient (Wildman–Crippen LogP) is 2.84. The molecule has 118 valence electrons. The zero-order valence-electron chi connectivity index (χ0n) is 12.6. The van der Waals surface area contributed by atoms with E-state index in [1.54, 1.807) is 12.1 Å². The van der Waals surface area contributed by atoms with E-state index >= 15 is 0 Å². The van der Waals surface area contributed by atoms with Crippen molar-refractivity contribution in [3.05, 3.63) is 18.2 Å². The number of anilines is 1. The van der Waals surface area contributed by atoms with Gasteiger partial charge in [0.1, 0.15) is 0 Å². The molecule has 0 atom stereocenters. The van der Waals surface area contributed by atoms with Gasteiger partial charge >= 0.3 is 0 Å². The lowest BCUT2D eigenvalue weighted by molar-refractivity contribution is -0.114. The third kappa shape index (κ3) is 5.68. The number of nitrogens with one attached hydrogen (secondary N) is 2. The second kappa shape index (κ2) is 8.41. The zero-order chi connectivity index (χ0) is 15.9. The number of carbonyl (C=O) groups excluding carboxylic acids is 1. The molecule has 0 aliphatic heterocycles. The van der Waals surface area contributed by atoms with E-state index in [4.69, 9.17) is 0 Å². The van der Waals surface area contributed by atoms with Crippen LogP contribution in [0, 0.1) is 0 Å². The molecule has 1 amide bonds. The number of unbranched alkanes of at least 4 members (excludes halogenated alkanes) is 2. The van der Waals surface area contributed by atoms with E-state index in [1.807, 2.05) is 6.26 Å². The largest absolute Gasteiger partial charge is 0.325 e. The van der Waals surface area contributed by atoms with Crippen LogP contribution >= 0.6 is 11.8 Å². The van der Waals surface area contributed by atoms with Crippen molar-refractivity contribution < 1.29 is 13.2 Å². The van der Waals surface area contributed by atoms with Crippen molar-refractivity contribution in [2.45, 2.75) is 42.9 Å². The average molecular weight is 330 g/mol. The first-order valence-corrected chi connectivity index (χ1v) is 9.56. The van der Waals surface area contributed by atoms with Gasteiger partial charge < -0.3 is 5.32 Å². The number of carbonyl (C=O) groups is 1. The van der Waals surface area contributed by atoms with Crippen molar-refractivity contribution in [1.82, 2.24) is 4.72 Å². The van der Waals surface area contributed by atoms with Crippen LogP contribution in [-0.2, 0) is 14.8 Å². The Hall–Kier alpha value is -1.05. The van der Waals surface area contributed by atoms with Crippen molar-refractivity contribution in [3.63, 3.8) is 0 Å². The number of sulfonamides is 1. The van der Waals surface area contributed by atoms with Crippen LogP contribution in [0.25, 0.3) is 0 Å². The van der Waals surface area contributed by atoms with Gasteiger partial charge in [0.2, 0.25) is 15.9 Å². The van der Waals surface area contributed by atoms with E-state index in [0.29, 0.717) is 12.2 Å². The van der Waals surface area contributed by atoms with E-state index in [2.05, 4.69) is 17.0 Å². The minimum Gasteiger partial charge on any atom is -0.325 e. The maximum Gasteiger partial charge on any atom is 0.240 e. The van der Waals surface area contributed by atoms with Crippen LogP contribution in [-0.4, -0.2) is 27.1 Å². The van der Waals surface area contributed by atoms with Gasteiger partial charge in [0.15, 0.2) is 0 Å². The van der Waals surface area contributed by atoms with Gasteiger partial charge in [-0.2, -0.15) is 0 Å². The Morgan fingerprint density at radius 2 is 2.00 bits per heavy atom. The molecule has 1 aromatic rings. The van der Waals surface area contributed by atoms with Crippen molar-refractivity contribution >= 4 is 33.4 Å². The molecule has 21 heavy (non-hydrogen) atoms. The van der Waals surface area contributed by atoms with Gasteiger partial charge in [-0.25, -0.2) is 13.1 Å². The Morgan fingerprint density at radius 1 is 1.29 bits per heavy atom. The summed E-state index contributed by atoms with van der Waals surface area (Å²) in [4.78, 5) is 12.2. The first kappa shape index (κ1) is 18.0. The van der Waals surface area contributed by atoms with Crippen LogP contribution in [0.1, 0.15) is 33.1 Å². The molecule has 0 fully saturated rings. The quantitative estimate of drug-likeness (QED) is 0.568. The highest BCUT2D eigenvalue weighted by Gasteiger charge is 2.15. The molecular weight excluding hydrogens is 308 g/mol. The lowest BCUT2D eigenvalue weighted by Gasteiger charge is -2.11. The smallest absolute Gasteiger partial charge is 0.240 e. The van der Waals surface area contributed by atoms with Gasteiger partial charge in [0.05, 0.1) is 10.6 Å². The van der Waals surface area contributed by atoms with Gasteiger partial charge in [0, 0.05) is 18.4 Å². The molecule has 0 aliphatic carbocycles. The SMILES string of the molecule is CCCCCNS(=O)(=O)c1ccc(SC)c(NC(C)=O)c1. The lowest BCUT2D eigenvalue weighted by atomic mass is 10.3. The maximum absolute atomic E-state index is 12.2. The fourth-order valence-corrected chi connectivity index (χ4v) is 3.44. The molecule has 7 heteroatoms. The first-order valence-electron chi connectivity index (χ1n) is 6.86. The number of rotatable bonds is 8. The number of thioether (sulfide) groups is 1. The van der Waals surface area contributed by atoms with Crippen LogP contribution in [0.5, 0.6) is 0 Å². The topological polar surface area (TPSA) is 75.3 Å². The summed E-state index contributed by atoms with van der Waals surface area (Å²) in [6.45, 7) is 3.89. The molecule has 0 saturated carbocycles. The van der Waals surface area contributed by atoms with Gasteiger partial charge in [0.25, 0.3) is 0 Å². The van der Waals surface area contributed by atoms with Gasteiger partial charge in [-0.1, -0.05) is 19.8 Å². The van der Waals surface area contributed by atoms with E-state index in [0.717, 1.165) is 24.2 Å². The Bertz CT molecular complexity index is 586. The van der Waals surface area contributed by atoms with Gasteiger partial charge in [-0.15, -0.1) is 11.8 Å². The van der Waals surface area contributed by atoms with E-state index in [1.165, 1.54) is 24.8 Å². The molecule has 2 N–H and O–H groups in total.